The highest BCUT2D eigenvalue weighted by Crippen LogP contribution is 2.35. The van der Waals surface area contributed by atoms with Gasteiger partial charge < -0.3 is 9.84 Å². The van der Waals surface area contributed by atoms with Gasteiger partial charge in [0.25, 0.3) is 0 Å². The Bertz CT molecular complexity index is 543. The van der Waals surface area contributed by atoms with Crippen molar-refractivity contribution in [1.82, 2.24) is 9.97 Å². The van der Waals surface area contributed by atoms with Crippen LogP contribution in [-0.2, 0) is 6.42 Å². The predicted octanol–water partition coefficient (Wildman–Crippen LogP) is 1.88. The van der Waals surface area contributed by atoms with E-state index in [0.29, 0.717) is 12.2 Å². The molecule has 4 heteroatoms. The minimum atomic E-state index is -0.737. The quantitative estimate of drug-likeness (QED) is 0.873. The number of para-hydroxylation sites is 1. The molecule has 1 atom stereocenters. The van der Waals surface area contributed by atoms with Crippen LogP contribution in [0.4, 0.5) is 0 Å². The van der Waals surface area contributed by atoms with Gasteiger partial charge in [0, 0.05) is 23.5 Å². The van der Waals surface area contributed by atoms with E-state index in [2.05, 4.69) is 9.97 Å². The molecule has 2 aromatic rings. The molecule has 4 nitrogen and oxygen atoms in total. The molecule has 0 saturated heterocycles. The number of aliphatic hydroxyl groups is 1. The Morgan fingerprint density at radius 3 is 2.89 bits per heavy atom. The van der Waals surface area contributed by atoms with Crippen LogP contribution in [0.1, 0.15) is 29.2 Å². The van der Waals surface area contributed by atoms with Crippen LogP contribution in [-0.4, -0.2) is 21.7 Å². The number of hydrogen-bond donors (Lipinski definition) is 1. The van der Waals surface area contributed by atoms with Gasteiger partial charge in [0.05, 0.1) is 6.61 Å². The van der Waals surface area contributed by atoms with Gasteiger partial charge in [0.1, 0.15) is 18.2 Å². The van der Waals surface area contributed by atoms with E-state index in [-0.39, 0.29) is 0 Å². The monoisotopic (exact) mass is 242 g/mol. The molecule has 0 bridgehead atoms. The van der Waals surface area contributed by atoms with E-state index >= 15 is 0 Å². The second kappa shape index (κ2) is 4.74. The molecule has 0 radical (unpaired) electrons. The van der Waals surface area contributed by atoms with E-state index in [1.165, 1.54) is 6.33 Å². The number of aryl methyl sites for hydroxylation is 1. The number of benzene rings is 1. The lowest BCUT2D eigenvalue weighted by molar-refractivity contribution is 0.206. The molecule has 0 spiro atoms. The number of ether oxygens (including phenoxy) is 1. The first kappa shape index (κ1) is 11.2. The first-order valence-corrected chi connectivity index (χ1v) is 6.04. The molecule has 0 amide bonds. The Morgan fingerprint density at radius 2 is 2.06 bits per heavy atom. The third-order valence-electron chi connectivity index (χ3n) is 3.15. The van der Waals surface area contributed by atoms with Crippen LogP contribution in [0.5, 0.6) is 5.75 Å². The van der Waals surface area contributed by atoms with E-state index < -0.39 is 6.10 Å². The number of aliphatic hydroxyl groups excluding tert-OH is 1. The number of aromatic nitrogens is 2. The fourth-order valence-electron chi connectivity index (χ4n) is 2.26. The van der Waals surface area contributed by atoms with Gasteiger partial charge in [0.15, 0.2) is 0 Å². The average molecular weight is 242 g/mol. The smallest absolute Gasteiger partial charge is 0.128 e. The summed E-state index contributed by atoms with van der Waals surface area (Å²) in [6, 6.07) is 5.89. The lowest BCUT2D eigenvalue weighted by Gasteiger charge is -2.22. The molecule has 1 aliphatic rings. The molecule has 1 aromatic carbocycles. The van der Waals surface area contributed by atoms with Crippen LogP contribution in [0, 0.1) is 0 Å². The van der Waals surface area contributed by atoms with Crippen molar-refractivity contribution in [2.24, 2.45) is 0 Å². The van der Waals surface area contributed by atoms with E-state index in [0.717, 1.165) is 29.7 Å². The molecule has 92 valence electrons. The Hall–Kier alpha value is -1.94. The summed E-state index contributed by atoms with van der Waals surface area (Å²) in [5.74, 6) is 0.820. The summed E-state index contributed by atoms with van der Waals surface area (Å²) < 4.78 is 5.70. The van der Waals surface area contributed by atoms with E-state index in [4.69, 9.17) is 4.74 Å². The van der Waals surface area contributed by atoms with Crippen molar-refractivity contribution in [2.45, 2.75) is 18.9 Å². The zero-order chi connectivity index (χ0) is 12.4. The summed E-state index contributed by atoms with van der Waals surface area (Å²) >= 11 is 0. The SMILES string of the molecule is OC(c1cncnc1)c1cccc2c1OCCC2. The topological polar surface area (TPSA) is 55.2 Å². The third-order valence-corrected chi connectivity index (χ3v) is 3.15. The largest absolute Gasteiger partial charge is 0.493 e. The second-order valence-corrected chi connectivity index (χ2v) is 4.36. The van der Waals surface area contributed by atoms with Crippen molar-refractivity contribution < 1.29 is 9.84 Å². The predicted molar refractivity (Wildman–Crippen MR) is 66.4 cm³/mol. The number of fused-ring (bicyclic) bond motifs is 1. The Balaban J connectivity index is 2.02. The number of rotatable bonds is 2. The summed E-state index contributed by atoms with van der Waals surface area (Å²) in [6.07, 6.45) is 5.99. The second-order valence-electron chi connectivity index (χ2n) is 4.36. The summed E-state index contributed by atoms with van der Waals surface area (Å²) in [5.41, 5.74) is 2.64. The molecule has 0 aliphatic carbocycles. The van der Waals surface area contributed by atoms with Crippen LogP contribution in [0.25, 0.3) is 0 Å². The van der Waals surface area contributed by atoms with Crippen molar-refractivity contribution in [1.29, 1.82) is 0 Å². The van der Waals surface area contributed by atoms with Crippen molar-refractivity contribution in [3.63, 3.8) is 0 Å². The first-order valence-electron chi connectivity index (χ1n) is 6.04. The van der Waals surface area contributed by atoms with Gasteiger partial charge in [-0.05, 0) is 18.4 Å². The summed E-state index contributed by atoms with van der Waals surface area (Å²) in [5, 5.41) is 10.4. The molecule has 3 rings (SSSR count). The summed E-state index contributed by atoms with van der Waals surface area (Å²) in [4.78, 5) is 7.86. The normalized spacial score (nSPS) is 15.6. The zero-order valence-corrected chi connectivity index (χ0v) is 9.91. The molecule has 0 fully saturated rings. The van der Waals surface area contributed by atoms with Gasteiger partial charge in [-0.3, -0.25) is 0 Å². The highest BCUT2D eigenvalue weighted by molar-refractivity contribution is 5.46. The molecule has 1 aromatic heterocycles. The van der Waals surface area contributed by atoms with Gasteiger partial charge >= 0.3 is 0 Å². The molecule has 1 unspecified atom stereocenters. The molecule has 18 heavy (non-hydrogen) atoms. The maximum Gasteiger partial charge on any atom is 0.128 e. The molecular weight excluding hydrogens is 228 g/mol. The van der Waals surface area contributed by atoms with E-state index in [9.17, 15) is 5.11 Å². The maximum atomic E-state index is 10.4. The van der Waals surface area contributed by atoms with Crippen LogP contribution in [0.15, 0.2) is 36.9 Å². The van der Waals surface area contributed by atoms with Gasteiger partial charge in [-0.1, -0.05) is 18.2 Å². The van der Waals surface area contributed by atoms with E-state index in [1.54, 1.807) is 12.4 Å². The van der Waals surface area contributed by atoms with Crippen LogP contribution >= 0.6 is 0 Å². The van der Waals surface area contributed by atoms with Gasteiger partial charge in [0.2, 0.25) is 0 Å². The number of nitrogens with zero attached hydrogens (tertiary/aromatic N) is 2. The van der Waals surface area contributed by atoms with Crippen LogP contribution in [0.2, 0.25) is 0 Å². The fourth-order valence-corrected chi connectivity index (χ4v) is 2.26. The standard InChI is InChI=1S/C14H14N2O2/c17-13(11-7-15-9-16-8-11)12-5-1-3-10-4-2-6-18-14(10)12/h1,3,5,7-9,13,17H,2,4,6H2. The highest BCUT2D eigenvalue weighted by Gasteiger charge is 2.20. The molecule has 1 aliphatic heterocycles. The van der Waals surface area contributed by atoms with Crippen molar-refractivity contribution in [2.75, 3.05) is 6.61 Å². The Morgan fingerprint density at radius 1 is 1.22 bits per heavy atom. The highest BCUT2D eigenvalue weighted by atomic mass is 16.5. The Labute approximate surface area is 105 Å². The van der Waals surface area contributed by atoms with Crippen molar-refractivity contribution in [3.8, 4) is 5.75 Å². The lowest BCUT2D eigenvalue weighted by Crippen LogP contribution is -2.12. The molecule has 1 N–H and O–H groups in total. The first-order chi connectivity index (χ1) is 8.86. The number of hydrogen-bond acceptors (Lipinski definition) is 4. The minimum Gasteiger partial charge on any atom is -0.493 e. The zero-order valence-electron chi connectivity index (χ0n) is 9.91. The van der Waals surface area contributed by atoms with Gasteiger partial charge in [-0.2, -0.15) is 0 Å². The average Bonchev–Trinajstić information content (AvgIpc) is 2.47. The summed E-state index contributed by atoms with van der Waals surface area (Å²) in [6.45, 7) is 0.710. The van der Waals surface area contributed by atoms with Crippen molar-refractivity contribution in [3.05, 3.63) is 53.6 Å². The minimum absolute atomic E-state index is 0.681. The Kier molecular flexibility index (Phi) is 2.94. The van der Waals surface area contributed by atoms with Gasteiger partial charge in [-0.15, -0.1) is 0 Å². The van der Waals surface area contributed by atoms with Crippen LogP contribution < -0.4 is 4.74 Å². The van der Waals surface area contributed by atoms with Gasteiger partial charge in [-0.25, -0.2) is 9.97 Å². The lowest BCUT2D eigenvalue weighted by atomic mass is 9.97. The van der Waals surface area contributed by atoms with E-state index in [1.807, 2.05) is 18.2 Å². The molecular formula is C14H14N2O2. The fraction of sp³-hybridized carbons (Fsp3) is 0.286. The summed E-state index contributed by atoms with van der Waals surface area (Å²) in [7, 11) is 0. The molecule has 0 saturated carbocycles. The van der Waals surface area contributed by atoms with Crippen molar-refractivity contribution >= 4 is 0 Å². The van der Waals surface area contributed by atoms with Crippen LogP contribution in [0.3, 0.4) is 0 Å². The maximum absolute atomic E-state index is 10.4. The third kappa shape index (κ3) is 1.95. The molecule has 2 heterocycles.